The Balaban J connectivity index is 2.08. The van der Waals surface area contributed by atoms with Crippen LogP contribution >= 0.6 is 12.2 Å². The standard InChI is InChI=1S/C12H24N2O2S/c1-10(12(13)17)16-8-5-14(2)9-11-3-6-15-7-4-11/h10-11H,3-9H2,1-2H3,(H2,13,17). The molecule has 17 heavy (non-hydrogen) atoms. The van der Waals surface area contributed by atoms with E-state index in [2.05, 4.69) is 11.9 Å². The van der Waals surface area contributed by atoms with Gasteiger partial charge in [-0.1, -0.05) is 12.2 Å². The molecule has 1 heterocycles. The first-order valence-corrected chi connectivity index (χ1v) is 6.67. The molecule has 4 nitrogen and oxygen atoms in total. The van der Waals surface area contributed by atoms with Crippen molar-refractivity contribution in [3.63, 3.8) is 0 Å². The summed E-state index contributed by atoms with van der Waals surface area (Å²) in [5.74, 6) is 0.766. The van der Waals surface area contributed by atoms with E-state index in [0.717, 1.165) is 32.2 Å². The van der Waals surface area contributed by atoms with E-state index in [-0.39, 0.29) is 6.10 Å². The highest BCUT2D eigenvalue weighted by molar-refractivity contribution is 7.80. The third kappa shape index (κ3) is 6.31. The Hall–Kier alpha value is -0.230. The van der Waals surface area contributed by atoms with Gasteiger partial charge in [0, 0.05) is 26.3 Å². The number of nitrogens with zero attached hydrogens (tertiary/aromatic N) is 1. The van der Waals surface area contributed by atoms with Gasteiger partial charge in [-0.25, -0.2) is 0 Å². The molecule has 1 aliphatic heterocycles. The summed E-state index contributed by atoms with van der Waals surface area (Å²) in [4.78, 5) is 2.74. The van der Waals surface area contributed by atoms with Crippen LogP contribution in [-0.4, -0.2) is 56.0 Å². The van der Waals surface area contributed by atoms with Crippen molar-refractivity contribution in [2.75, 3.05) is 40.0 Å². The van der Waals surface area contributed by atoms with Crippen LogP contribution in [0.2, 0.25) is 0 Å². The van der Waals surface area contributed by atoms with E-state index in [1.54, 1.807) is 0 Å². The smallest absolute Gasteiger partial charge is 0.104 e. The van der Waals surface area contributed by atoms with Gasteiger partial charge in [-0.2, -0.15) is 0 Å². The predicted molar refractivity (Wildman–Crippen MR) is 73.2 cm³/mol. The van der Waals surface area contributed by atoms with E-state index in [4.69, 9.17) is 27.4 Å². The fraction of sp³-hybridized carbons (Fsp3) is 0.917. The van der Waals surface area contributed by atoms with Crippen molar-refractivity contribution < 1.29 is 9.47 Å². The lowest BCUT2D eigenvalue weighted by atomic mass is 10.00. The summed E-state index contributed by atoms with van der Waals surface area (Å²) in [5, 5.41) is 0. The van der Waals surface area contributed by atoms with Crippen molar-refractivity contribution in [1.29, 1.82) is 0 Å². The fourth-order valence-electron chi connectivity index (χ4n) is 1.93. The maximum Gasteiger partial charge on any atom is 0.104 e. The number of hydrogen-bond acceptors (Lipinski definition) is 4. The zero-order chi connectivity index (χ0) is 12.7. The normalized spacial score (nSPS) is 19.5. The van der Waals surface area contributed by atoms with Gasteiger partial charge in [0.2, 0.25) is 0 Å². The first-order chi connectivity index (χ1) is 8.09. The van der Waals surface area contributed by atoms with Crippen molar-refractivity contribution in [3.8, 4) is 0 Å². The van der Waals surface area contributed by atoms with Crippen LogP contribution in [0.25, 0.3) is 0 Å². The quantitative estimate of drug-likeness (QED) is 0.693. The molecule has 1 rings (SSSR count). The third-order valence-electron chi connectivity index (χ3n) is 3.15. The highest BCUT2D eigenvalue weighted by Crippen LogP contribution is 2.15. The molecule has 5 heteroatoms. The second-order valence-electron chi connectivity index (χ2n) is 4.73. The first-order valence-electron chi connectivity index (χ1n) is 6.26. The molecule has 0 radical (unpaired) electrons. The Labute approximate surface area is 109 Å². The van der Waals surface area contributed by atoms with Gasteiger partial charge in [0.25, 0.3) is 0 Å². The lowest BCUT2D eigenvalue weighted by molar-refractivity contribution is 0.0470. The van der Waals surface area contributed by atoms with Crippen LogP contribution in [0.15, 0.2) is 0 Å². The van der Waals surface area contributed by atoms with Crippen LogP contribution < -0.4 is 5.73 Å². The van der Waals surface area contributed by atoms with Crippen LogP contribution in [0.5, 0.6) is 0 Å². The Bertz CT molecular complexity index is 233. The lowest BCUT2D eigenvalue weighted by Crippen LogP contribution is -2.34. The van der Waals surface area contributed by atoms with Crippen molar-refractivity contribution in [2.24, 2.45) is 11.7 Å². The number of nitrogens with two attached hydrogens (primary N) is 1. The summed E-state index contributed by atoms with van der Waals surface area (Å²) in [6.07, 6.45) is 2.23. The molecule has 0 aliphatic carbocycles. The zero-order valence-corrected chi connectivity index (χ0v) is 11.7. The average molecular weight is 260 g/mol. The van der Waals surface area contributed by atoms with Gasteiger partial charge in [0.15, 0.2) is 0 Å². The maximum atomic E-state index is 5.53. The minimum Gasteiger partial charge on any atom is -0.391 e. The predicted octanol–water partition coefficient (Wildman–Crippen LogP) is 1.04. The topological polar surface area (TPSA) is 47.7 Å². The summed E-state index contributed by atoms with van der Waals surface area (Å²) in [6.45, 7) is 6.43. The van der Waals surface area contributed by atoms with Crippen LogP contribution in [0, 0.1) is 5.92 Å². The molecule has 0 aromatic heterocycles. The van der Waals surface area contributed by atoms with Crippen molar-refractivity contribution in [2.45, 2.75) is 25.9 Å². The van der Waals surface area contributed by atoms with Crippen molar-refractivity contribution in [3.05, 3.63) is 0 Å². The van der Waals surface area contributed by atoms with Gasteiger partial charge in [0.1, 0.15) is 11.1 Å². The SMILES string of the molecule is CC(OCCN(C)CC1CCOCC1)C(N)=S. The van der Waals surface area contributed by atoms with Gasteiger partial charge in [-0.15, -0.1) is 0 Å². The first kappa shape index (κ1) is 14.8. The molecule has 0 aromatic rings. The van der Waals surface area contributed by atoms with Gasteiger partial charge in [-0.3, -0.25) is 0 Å². The molecule has 0 saturated carbocycles. The average Bonchev–Trinajstić information content (AvgIpc) is 2.30. The van der Waals surface area contributed by atoms with Gasteiger partial charge < -0.3 is 20.1 Å². The Kier molecular flexibility index (Phi) is 6.96. The van der Waals surface area contributed by atoms with E-state index in [0.29, 0.717) is 11.6 Å². The maximum absolute atomic E-state index is 5.53. The number of thiocarbonyl (C=S) groups is 1. The Morgan fingerprint density at radius 1 is 1.53 bits per heavy atom. The second-order valence-corrected chi connectivity index (χ2v) is 5.20. The summed E-state index contributed by atoms with van der Waals surface area (Å²) >= 11 is 4.85. The van der Waals surface area contributed by atoms with E-state index < -0.39 is 0 Å². The fourth-order valence-corrected chi connectivity index (χ4v) is 2.00. The molecule has 1 aliphatic rings. The summed E-state index contributed by atoms with van der Waals surface area (Å²) in [5.41, 5.74) is 5.48. The molecule has 1 saturated heterocycles. The molecule has 2 N–H and O–H groups in total. The number of likely N-dealkylation sites (N-methyl/N-ethyl adjacent to an activating group) is 1. The Morgan fingerprint density at radius 2 is 2.18 bits per heavy atom. The minimum absolute atomic E-state index is 0.124. The van der Waals surface area contributed by atoms with E-state index >= 15 is 0 Å². The lowest BCUT2D eigenvalue weighted by Gasteiger charge is -2.27. The van der Waals surface area contributed by atoms with E-state index in [1.807, 2.05) is 6.92 Å². The summed E-state index contributed by atoms with van der Waals surface area (Å²) < 4.78 is 10.9. The molecule has 100 valence electrons. The molecule has 0 amide bonds. The van der Waals surface area contributed by atoms with E-state index in [9.17, 15) is 0 Å². The molecular weight excluding hydrogens is 236 g/mol. The minimum atomic E-state index is -0.124. The van der Waals surface area contributed by atoms with E-state index in [1.165, 1.54) is 12.8 Å². The summed E-state index contributed by atoms with van der Waals surface area (Å²) in [6, 6.07) is 0. The molecule has 1 unspecified atom stereocenters. The largest absolute Gasteiger partial charge is 0.391 e. The van der Waals surface area contributed by atoms with Gasteiger partial charge >= 0.3 is 0 Å². The molecule has 1 atom stereocenters. The number of ether oxygens (including phenoxy) is 2. The molecule has 0 bridgehead atoms. The van der Waals surface area contributed by atoms with Gasteiger partial charge in [-0.05, 0) is 32.7 Å². The van der Waals surface area contributed by atoms with Crippen LogP contribution in [0.1, 0.15) is 19.8 Å². The molecular formula is C12H24N2O2S. The zero-order valence-electron chi connectivity index (χ0n) is 10.9. The Morgan fingerprint density at radius 3 is 2.76 bits per heavy atom. The third-order valence-corrected chi connectivity index (χ3v) is 3.48. The molecule has 0 spiro atoms. The van der Waals surface area contributed by atoms with Gasteiger partial charge in [0.05, 0.1) is 6.61 Å². The number of hydrogen-bond donors (Lipinski definition) is 1. The van der Waals surface area contributed by atoms with Crippen molar-refractivity contribution in [1.82, 2.24) is 4.90 Å². The highest BCUT2D eigenvalue weighted by Gasteiger charge is 2.15. The molecule has 1 fully saturated rings. The van der Waals surface area contributed by atoms with Crippen LogP contribution in [-0.2, 0) is 9.47 Å². The van der Waals surface area contributed by atoms with Crippen LogP contribution in [0.4, 0.5) is 0 Å². The second kappa shape index (κ2) is 7.97. The van der Waals surface area contributed by atoms with Crippen molar-refractivity contribution >= 4 is 17.2 Å². The summed E-state index contributed by atoms with van der Waals surface area (Å²) in [7, 11) is 2.13. The molecule has 0 aromatic carbocycles. The van der Waals surface area contributed by atoms with Crippen LogP contribution in [0.3, 0.4) is 0 Å². The monoisotopic (exact) mass is 260 g/mol. The number of rotatable bonds is 7. The highest BCUT2D eigenvalue weighted by atomic mass is 32.1.